The van der Waals surface area contributed by atoms with Crippen LogP contribution < -0.4 is 0 Å². The molecule has 7 aromatic rings. The third-order valence-electron chi connectivity index (χ3n) is 5.64. The Morgan fingerprint density at radius 1 is 0.692 bits per heavy atom. The van der Waals surface area contributed by atoms with Crippen LogP contribution in [-0.4, -0.2) is 9.38 Å². The molecule has 0 aliphatic rings. The van der Waals surface area contributed by atoms with E-state index >= 15 is 0 Å². The molecule has 0 N–H and O–H groups in total. The third kappa shape index (κ3) is 1.32. The molecule has 0 spiro atoms. The Bertz CT molecular complexity index is 1600. The van der Waals surface area contributed by atoms with Crippen molar-refractivity contribution in [3.63, 3.8) is 0 Å². The van der Waals surface area contributed by atoms with Crippen LogP contribution >= 0.6 is 11.3 Å². The number of benzene rings is 3. The number of aromatic nitrogens is 2. The quantitative estimate of drug-likeness (QED) is 0.223. The van der Waals surface area contributed by atoms with Gasteiger partial charge in [-0.25, -0.2) is 0 Å². The zero-order valence-electron chi connectivity index (χ0n) is 13.7. The van der Waals surface area contributed by atoms with E-state index in [1.165, 1.54) is 53.6 Å². The average molecular weight is 348 g/mol. The number of fused-ring (bicyclic) bond motifs is 9. The lowest BCUT2D eigenvalue weighted by atomic mass is 9.98. The summed E-state index contributed by atoms with van der Waals surface area (Å²) in [4.78, 5) is 4.77. The van der Waals surface area contributed by atoms with Crippen LogP contribution in [0.25, 0.3) is 59.1 Å². The van der Waals surface area contributed by atoms with Gasteiger partial charge >= 0.3 is 0 Å². The summed E-state index contributed by atoms with van der Waals surface area (Å²) in [7, 11) is 0. The maximum atomic E-state index is 4.77. The summed E-state index contributed by atoms with van der Waals surface area (Å²) in [6, 6.07) is 21.9. The van der Waals surface area contributed by atoms with Gasteiger partial charge in [-0.2, -0.15) is 0 Å². The number of nitrogens with zero attached hydrogens (tertiary/aromatic N) is 2. The highest BCUT2D eigenvalue weighted by atomic mass is 32.1. The maximum Gasteiger partial charge on any atom is 0.0949 e. The molecule has 0 fully saturated rings. The van der Waals surface area contributed by atoms with Crippen molar-refractivity contribution in [1.29, 1.82) is 0 Å². The van der Waals surface area contributed by atoms with E-state index in [-0.39, 0.29) is 0 Å². The summed E-state index contributed by atoms with van der Waals surface area (Å²) in [5.41, 5.74) is 4.83. The summed E-state index contributed by atoms with van der Waals surface area (Å²) in [5.74, 6) is 0. The van der Waals surface area contributed by atoms with Gasteiger partial charge in [-0.3, -0.25) is 4.98 Å². The van der Waals surface area contributed by atoms with E-state index in [4.69, 9.17) is 4.98 Å². The molecule has 7 rings (SSSR count). The van der Waals surface area contributed by atoms with Crippen molar-refractivity contribution in [3.05, 3.63) is 72.2 Å². The van der Waals surface area contributed by atoms with Crippen LogP contribution in [0, 0.1) is 0 Å². The molecule has 0 unspecified atom stereocenters. The second kappa shape index (κ2) is 4.32. The first-order valence-corrected chi connectivity index (χ1v) is 9.62. The van der Waals surface area contributed by atoms with Crippen molar-refractivity contribution < 1.29 is 0 Å². The Labute approximate surface area is 152 Å². The van der Waals surface area contributed by atoms with Gasteiger partial charge < -0.3 is 4.40 Å². The Hall–Kier alpha value is -3.17. The molecule has 0 amide bonds. The van der Waals surface area contributed by atoms with Crippen LogP contribution in [0.4, 0.5) is 0 Å². The number of hydrogen-bond donors (Lipinski definition) is 0. The van der Waals surface area contributed by atoms with Gasteiger partial charge in [0.2, 0.25) is 0 Å². The molecule has 0 saturated heterocycles. The molecule has 0 aliphatic carbocycles. The lowest BCUT2D eigenvalue weighted by Crippen LogP contribution is -1.93. The normalized spacial score (nSPS) is 12.6. The highest BCUT2D eigenvalue weighted by Crippen LogP contribution is 2.46. The summed E-state index contributed by atoms with van der Waals surface area (Å²) in [6.07, 6.45) is 1.90. The first-order chi connectivity index (χ1) is 12.9. The molecule has 3 heteroatoms. The number of rotatable bonds is 0. The van der Waals surface area contributed by atoms with Crippen molar-refractivity contribution in [2.24, 2.45) is 0 Å². The topological polar surface area (TPSA) is 17.3 Å². The van der Waals surface area contributed by atoms with Crippen LogP contribution in [0.1, 0.15) is 0 Å². The summed E-state index contributed by atoms with van der Waals surface area (Å²) >= 11 is 1.83. The van der Waals surface area contributed by atoms with Crippen LogP contribution in [-0.2, 0) is 0 Å². The van der Waals surface area contributed by atoms with Gasteiger partial charge in [-0.05, 0) is 29.6 Å². The van der Waals surface area contributed by atoms with E-state index in [2.05, 4.69) is 64.4 Å². The number of hydrogen-bond acceptors (Lipinski definition) is 2. The van der Waals surface area contributed by atoms with Crippen molar-refractivity contribution in [2.75, 3.05) is 0 Å². The molecule has 0 bridgehead atoms. The largest absolute Gasteiger partial charge is 0.306 e. The fourth-order valence-electron chi connectivity index (χ4n) is 4.69. The first-order valence-electron chi connectivity index (χ1n) is 8.74. The van der Waals surface area contributed by atoms with Crippen LogP contribution in [0.15, 0.2) is 72.2 Å². The fourth-order valence-corrected chi connectivity index (χ4v) is 5.63. The van der Waals surface area contributed by atoms with Crippen LogP contribution in [0.5, 0.6) is 0 Å². The predicted octanol–water partition coefficient (Wildman–Crippen LogP) is 6.60. The highest BCUT2D eigenvalue weighted by Gasteiger charge is 2.21. The van der Waals surface area contributed by atoms with Gasteiger partial charge in [0.1, 0.15) is 0 Å². The maximum absolute atomic E-state index is 4.77. The molecule has 26 heavy (non-hydrogen) atoms. The number of para-hydroxylation sites is 1. The predicted molar refractivity (Wildman–Crippen MR) is 112 cm³/mol. The lowest BCUT2D eigenvalue weighted by molar-refractivity contribution is 1.31. The van der Waals surface area contributed by atoms with Crippen LogP contribution in [0.2, 0.25) is 0 Å². The van der Waals surface area contributed by atoms with E-state index in [1.807, 2.05) is 23.6 Å². The molecule has 0 saturated carbocycles. The minimum atomic E-state index is 1.07. The van der Waals surface area contributed by atoms with Crippen molar-refractivity contribution >= 4 is 70.4 Å². The van der Waals surface area contributed by atoms with Crippen LogP contribution in [0.3, 0.4) is 0 Å². The fraction of sp³-hybridized carbons (Fsp3) is 0. The Balaban J connectivity index is 2.08. The molecule has 3 aromatic carbocycles. The lowest BCUT2D eigenvalue weighted by Gasteiger charge is -2.12. The van der Waals surface area contributed by atoms with E-state index in [9.17, 15) is 0 Å². The average Bonchev–Trinajstić information content (AvgIpc) is 3.31. The second-order valence-electron chi connectivity index (χ2n) is 6.84. The SMILES string of the molecule is c1cc2c3ncccc3n3c4ccccc4c4c5ccsc5c(c1)c2c43. The van der Waals surface area contributed by atoms with Crippen molar-refractivity contribution in [3.8, 4) is 0 Å². The Morgan fingerprint density at radius 2 is 1.46 bits per heavy atom. The van der Waals surface area contributed by atoms with E-state index in [1.54, 1.807) is 0 Å². The first kappa shape index (κ1) is 13.1. The van der Waals surface area contributed by atoms with E-state index in [0.29, 0.717) is 0 Å². The van der Waals surface area contributed by atoms with Crippen molar-refractivity contribution in [2.45, 2.75) is 0 Å². The zero-order chi connectivity index (χ0) is 16.8. The minimum Gasteiger partial charge on any atom is -0.306 e. The standard InChI is InChI=1S/C23H12N2S/c1-2-8-17-13(5-1)19-16-10-12-26-23(16)15-7-3-6-14-20(15)22(19)25(17)18-9-4-11-24-21(14)18/h1-12H. The van der Waals surface area contributed by atoms with Gasteiger partial charge in [0.25, 0.3) is 0 Å². The Kier molecular flexibility index (Phi) is 2.17. The van der Waals surface area contributed by atoms with Crippen molar-refractivity contribution in [1.82, 2.24) is 9.38 Å². The monoisotopic (exact) mass is 348 g/mol. The highest BCUT2D eigenvalue weighted by molar-refractivity contribution is 7.18. The number of pyridine rings is 2. The zero-order valence-corrected chi connectivity index (χ0v) is 14.5. The Morgan fingerprint density at radius 3 is 2.46 bits per heavy atom. The molecule has 0 aliphatic heterocycles. The molecule has 2 nitrogen and oxygen atoms in total. The summed E-state index contributed by atoms with van der Waals surface area (Å²) < 4.78 is 3.79. The van der Waals surface area contributed by atoms with Gasteiger partial charge in [0, 0.05) is 43.2 Å². The molecule has 4 aromatic heterocycles. The third-order valence-corrected chi connectivity index (χ3v) is 6.59. The van der Waals surface area contributed by atoms with E-state index < -0.39 is 0 Å². The van der Waals surface area contributed by atoms with Gasteiger partial charge in [0.15, 0.2) is 0 Å². The van der Waals surface area contributed by atoms with Gasteiger partial charge in [-0.15, -0.1) is 11.3 Å². The van der Waals surface area contributed by atoms with E-state index in [0.717, 1.165) is 5.52 Å². The molecule has 0 radical (unpaired) electrons. The summed E-state index contributed by atoms with van der Waals surface area (Å²) in [6.45, 7) is 0. The molecular formula is C23H12N2S. The van der Waals surface area contributed by atoms with Gasteiger partial charge in [-0.1, -0.05) is 36.4 Å². The second-order valence-corrected chi connectivity index (χ2v) is 7.75. The molecule has 4 heterocycles. The molecule has 0 atom stereocenters. The smallest absolute Gasteiger partial charge is 0.0949 e. The minimum absolute atomic E-state index is 1.07. The van der Waals surface area contributed by atoms with Gasteiger partial charge in [0.05, 0.1) is 22.1 Å². The molecular weight excluding hydrogens is 336 g/mol. The number of thiophene rings is 1. The molecule has 120 valence electrons. The summed E-state index contributed by atoms with van der Waals surface area (Å²) in [5, 5.41) is 10.2.